The lowest BCUT2D eigenvalue weighted by Gasteiger charge is -2.36. The van der Waals surface area contributed by atoms with Gasteiger partial charge in [0.25, 0.3) is 0 Å². The van der Waals surface area contributed by atoms with Crippen molar-refractivity contribution in [3.8, 4) is 0 Å². The van der Waals surface area contributed by atoms with Gasteiger partial charge in [0.1, 0.15) is 13.2 Å². The summed E-state index contributed by atoms with van der Waals surface area (Å²) in [5, 5.41) is 0. The first-order valence-electron chi connectivity index (χ1n) is 6.50. The standard InChI is InChI=1S/C15H24O4/c1-6-9-15(12(4)5,10-18-13(16)7-2)11-19-14(17)8-3/h7-8,12H,2-3,6,9-11H2,1,4-5H3. The van der Waals surface area contributed by atoms with Gasteiger partial charge < -0.3 is 9.47 Å². The van der Waals surface area contributed by atoms with Gasteiger partial charge in [-0.3, -0.25) is 0 Å². The highest BCUT2D eigenvalue weighted by atomic mass is 16.5. The fourth-order valence-electron chi connectivity index (χ4n) is 1.85. The van der Waals surface area contributed by atoms with Crippen LogP contribution in [0.3, 0.4) is 0 Å². The van der Waals surface area contributed by atoms with Crippen molar-refractivity contribution in [2.75, 3.05) is 13.2 Å². The molecule has 0 spiro atoms. The van der Waals surface area contributed by atoms with Crippen LogP contribution in [0.25, 0.3) is 0 Å². The third-order valence-electron chi connectivity index (χ3n) is 3.31. The average molecular weight is 268 g/mol. The third kappa shape index (κ3) is 5.73. The van der Waals surface area contributed by atoms with Crippen molar-refractivity contribution in [2.45, 2.75) is 33.6 Å². The van der Waals surface area contributed by atoms with Crippen molar-refractivity contribution in [2.24, 2.45) is 11.3 Å². The second-order valence-electron chi connectivity index (χ2n) is 4.89. The van der Waals surface area contributed by atoms with Crippen LogP contribution in [0.2, 0.25) is 0 Å². The van der Waals surface area contributed by atoms with Crippen LogP contribution in [-0.4, -0.2) is 25.2 Å². The predicted molar refractivity (Wildman–Crippen MR) is 74.5 cm³/mol. The van der Waals surface area contributed by atoms with Crippen LogP contribution >= 0.6 is 0 Å². The molecule has 0 bridgehead atoms. The lowest BCUT2D eigenvalue weighted by molar-refractivity contribution is -0.151. The van der Waals surface area contributed by atoms with E-state index in [0.717, 1.165) is 25.0 Å². The fourth-order valence-corrected chi connectivity index (χ4v) is 1.85. The van der Waals surface area contributed by atoms with Gasteiger partial charge in [-0.2, -0.15) is 0 Å². The summed E-state index contributed by atoms with van der Waals surface area (Å²) in [6.07, 6.45) is 3.98. The number of ether oxygens (including phenoxy) is 2. The normalized spacial score (nSPS) is 10.9. The molecule has 19 heavy (non-hydrogen) atoms. The SMILES string of the molecule is C=CC(=O)OCC(CCC)(COC(=O)C=C)C(C)C. The molecule has 4 heteroatoms. The van der Waals surface area contributed by atoms with Gasteiger partial charge in [-0.25, -0.2) is 9.59 Å². The summed E-state index contributed by atoms with van der Waals surface area (Å²) in [7, 11) is 0. The van der Waals surface area contributed by atoms with E-state index < -0.39 is 11.9 Å². The number of hydrogen-bond acceptors (Lipinski definition) is 4. The lowest BCUT2D eigenvalue weighted by Crippen LogP contribution is -2.38. The maximum Gasteiger partial charge on any atom is 0.330 e. The number of esters is 2. The van der Waals surface area contributed by atoms with Crippen molar-refractivity contribution in [1.82, 2.24) is 0 Å². The molecular weight excluding hydrogens is 244 g/mol. The monoisotopic (exact) mass is 268 g/mol. The highest BCUT2D eigenvalue weighted by Gasteiger charge is 2.36. The number of carbonyl (C=O) groups is 2. The Kier molecular flexibility index (Phi) is 7.80. The van der Waals surface area contributed by atoms with Gasteiger partial charge in [-0.1, -0.05) is 40.3 Å². The van der Waals surface area contributed by atoms with E-state index >= 15 is 0 Å². The van der Waals surface area contributed by atoms with E-state index in [2.05, 4.69) is 13.2 Å². The largest absolute Gasteiger partial charge is 0.462 e. The Morgan fingerprint density at radius 2 is 1.53 bits per heavy atom. The van der Waals surface area contributed by atoms with E-state index in [1.165, 1.54) is 0 Å². The topological polar surface area (TPSA) is 52.6 Å². The first-order valence-corrected chi connectivity index (χ1v) is 6.50. The second-order valence-corrected chi connectivity index (χ2v) is 4.89. The van der Waals surface area contributed by atoms with E-state index in [1.807, 2.05) is 20.8 Å². The quantitative estimate of drug-likeness (QED) is 0.476. The summed E-state index contributed by atoms with van der Waals surface area (Å²) < 4.78 is 10.3. The van der Waals surface area contributed by atoms with Crippen LogP contribution in [0.4, 0.5) is 0 Å². The van der Waals surface area contributed by atoms with Crippen LogP contribution < -0.4 is 0 Å². The number of rotatable bonds is 9. The van der Waals surface area contributed by atoms with Gasteiger partial charge in [0.05, 0.1) is 0 Å². The Balaban J connectivity index is 4.84. The van der Waals surface area contributed by atoms with E-state index in [1.54, 1.807) is 0 Å². The van der Waals surface area contributed by atoms with Crippen molar-refractivity contribution in [3.05, 3.63) is 25.3 Å². The molecule has 0 aliphatic heterocycles. The maximum absolute atomic E-state index is 11.2. The summed E-state index contributed by atoms with van der Waals surface area (Å²) in [6, 6.07) is 0. The molecule has 0 atom stereocenters. The van der Waals surface area contributed by atoms with Gasteiger partial charge in [-0.15, -0.1) is 0 Å². The minimum atomic E-state index is -0.462. The van der Waals surface area contributed by atoms with Crippen molar-refractivity contribution in [3.63, 3.8) is 0 Å². The smallest absolute Gasteiger partial charge is 0.330 e. The van der Waals surface area contributed by atoms with Gasteiger partial charge in [0.2, 0.25) is 0 Å². The average Bonchev–Trinajstić information content (AvgIpc) is 2.40. The Bertz CT molecular complexity index is 307. The maximum atomic E-state index is 11.2. The molecule has 4 nitrogen and oxygen atoms in total. The van der Waals surface area contributed by atoms with Crippen LogP contribution in [0, 0.1) is 11.3 Å². The lowest BCUT2D eigenvalue weighted by atomic mass is 9.75. The van der Waals surface area contributed by atoms with Crippen molar-refractivity contribution in [1.29, 1.82) is 0 Å². The highest BCUT2D eigenvalue weighted by molar-refractivity contribution is 5.81. The fraction of sp³-hybridized carbons (Fsp3) is 0.600. The Morgan fingerprint density at radius 3 is 1.79 bits per heavy atom. The van der Waals surface area contributed by atoms with Gasteiger partial charge in [-0.05, 0) is 12.3 Å². The summed E-state index contributed by atoms with van der Waals surface area (Å²) in [6.45, 7) is 13.3. The summed E-state index contributed by atoms with van der Waals surface area (Å²) in [5.74, 6) is -0.713. The van der Waals surface area contributed by atoms with E-state index in [9.17, 15) is 9.59 Å². The Hall–Kier alpha value is -1.58. The molecule has 0 saturated carbocycles. The highest BCUT2D eigenvalue weighted by Crippen LogP contribution is 2.34. The summed E-state index contributed by atoms with van der Waals surface area (Å²) in [5.41, 5.74) is -0.369. The van der Waals surface area contributed by atoms with Gasteiger partial charge >= 0.3 is 11.9 Å². The van der Waals surface area contributed by atoms with Crippen LogP contribution in [0.1, 0.15) is 33.6 Å². The molecule has 0 saturated heterocycles. The molecule has 0 aromatic carbocycles. The molecule has 0 heterocycles. The zero-order chi connectivity index (χ0) is 14.9. The Labute approximate surface area is 115 Å². The number of hydrogen-bond donors (Lipinski definition) is 0. The molecule has 0 amide bonds. The van der Waals surface area contributed by atoms with Crippen LogP contribution in [-0.2, 0) is 19.1 Å². The Morgan fingerprint density at radius 1 is 1.11 bits per heavy atom. The predicted octanol–water partition coefficient (Wildman–Crippen LogP) is 2.89. The zero-order valence-corrected chi connectivity index (χ0v) is 12.1. The number of carbonyl (C=O) groups excluding carboxylic acids is 2. The molecule has 0 radical (unpaired) electrons. The molecule has 0 aromatic rings. The van der Waals surface area contributed by atoms with Crippen molar-refractivity contribution < 1.29 is 19.1 Å². The molecule has 0 unspecified atom stereocenters. The molecule has 108 valence electrons. The minimum Gasteiger partial charge on any atom is -0.462 e. The second kappa shape index (κ2) is 8.51. The van der Waals surface area contributed by atoms with E-state index in [0.29, 0.717) is 0 Å². The summed E-state index contributed by atoms with van der Waals surface area (Å²) in [4.78, 5) is 22.4. The van der Waals surface area contributed by atoms with E-state index in [4.69, 9.17) is 9.47 Å². The zero-order valence-electron chi connectivity index (χ0n) is 12.1. The third-order valence-corrected chi connectivity index (χ3v) is 3.31. The minimum absolute atomic E-state index is 0.211. The van der Waals surface area contributed by atoms with Crippen LogP contribution in [0.15, 0.2) is 25.3 Å². The first-order chi connectivity index (χ1) is 8.91. The molecule has 0 N–H and O–H groups in total. The van der Waals surface area contributed by atoms with Gasteiger partial charge in [0, 0.05) is 17.6 Å². The molecule has 0 aromatic heterocycles. The summed E-state index contributed by atoms with van der Waals surface area (Å²) >= 11 is 0. The molecule has 0 rings (SSSR count). The van der Waals surface area contributed by atoms with Crippen molar-refractivity contribution >= 4 is 11.9 Å². The molecular formula is C15H24O4. The van der Waals surface area contributed by atoms with Gasteiger partial charge in [0.15, 0.2) is 0 Å². The first kappa shape index (κ1) is 17.4. The molecule has 0 aliphatic rings. The van der Waals surface area contributed by atoms with Crippen LogP contribution in [0.5, 0.6) is 0 Å². The van der Waals surface area contributed by atoms with E-state index in [-0.39, 0.29) is 24.5 Å². The molecule has 0 aliphatic carbocycles. The molecule has 0 fully saturated rings.